The van der Waals surface area contributed by atoms with Crippen LogP contribution in [0.2, 0.25) is 0 Å². The van der Waals surface area contributed by atoms with Crippen LogP contribution in [0.3, 0.4) is 0 Å². The maximum absolute atomic E-state index is 13.3. The highest BCUT2D eigenvalue weighted by atomic mass is 32.1. The summed E-state index contributed by atoms with van der Waals surface area (Å²) < 4.78 is 7.26. The molecule has 1 saturated heterocycles. The number of benzene rings is 1. The molecule has 34 heavy (non-hydrogen) atoms. The number of carbonyl (C=O) groups excluding carboxylic acids is 1. The number of rotatable bonds is 4. The van der Waals surface area contributed by atoms with Crippen molar-refractivity contribution in [3.05, 3.63) is 58.4 Å². The van der Waals surface area contributed by atoms with Gasteiger partial charge in [-0.1, -0.05) is 11.3 Å². The smallest absolute Gasteiger partial charge is 0.265 e. The van der Waals surface area contributed by atoms with Crippen molar-refractivity contribution in [2.45, 2.75) is 26.2 Å². The Morgan fingerprint density at radius 2 is 1.85 bits per heavy atom. The van der Waals surface area contributed by atoms with Gasteiger partial charge in [0.15, 0.2) is 10.8 Å². The highest BCUT2D eigenvalue weighted by Crippen LogP contribution is 2.29. The van der Waals surface area contributed by atoms with Gasteiger partial charge in [-0.2, -0.15) is 5.10 Å². The maximum atomic E-state index is 13.3. The van der Waals surface area contributed by atoms with Crippen LogP contribution in [0.1, 0.15) is 33.0 Å². The number of thiazole rings is 1. The van der Waals surface area contributed by atoms with Crippen molar-refractivity contribution >= 4 is 28.0 Å². The molecule has 0 atom stereocenters. The van der Waals surface area contributed by atoms with Crippen LogP contribution in [0.25, 0.3) is 16.2 Å². The fourth-order valence-corrected chi connectivity index (χ4v) is 5.88. The van der Waals surface area contributed by atoms with Crippen molar-refractivity contribution in [3.8, 4) is 17.0 Å². The van der Waals surface area contributed by atoms with Crippen molar-refractivity contribution in [1.29, 1.82) is 0 Å². The molecule has 0 radical (unpaired) electrons. The average Bonchev–Trinajstić information content (AvgIpc) is 3.59. The zero-order valence-electron chi connectivity index (χ0n) is 19.3. The number of piperazine rings is 1. The second kappa shape index (κ2) is 8.39. The van der Waals surface area contributed by atoms with Gasteiger partial charge in [-0.15, -0.1) is 5.10 Å². The molecule has 1 fully saturated rings. The van der Waals surface area contributed by atoms with Gasteiger partial charge < -0.3 is 14.5 Å². The molecule has 4 aromatic rings. The zero-order chi connectivity index (χ0) is 23.2. The highest BCUT2D eigenvalue weighted by Gasteiger charge is 2.27. The van der Waals surface area contributed by atoms with Gasteiger partial charge in [-0.25, -0.2) is 4.98 Å². The first-order valence-electron chi connectivity index (χ1n) is 11.6. The van der Waals surface area contributed by atoms with E-state index in [0.717, 1.165) is 70.0 Å². The van der Waals surface area contributed by atoms with Crippen LogP contribution < -0.4 is 9.64 Å². The van der Waals surface area contributed by atoms with Gasteiger partial charge in [0.1, 0.15) is 10.6 Å². The molecule has 174 valence electrons. The zero-order valence-corrected chi connectivity index (χ0v) is 20.1. The summed E-state index contributed by atoms with van der Waals surface area (Å²) in [6.45, 7) is 4.88. The first-order valence-corrected chi connectivity index (χ1v) is 12.4. The Kier molecular flexibility index (Phi) is 5.21. The van der Waals surface area contributed by atoms with E-state index in [1.54, 1.807) is 7.11 Å². The Morgan fingerprint density at radius 3 is 2.59 bits per heavy atom. The molecule has 6 rings (SSSR count). The summed E-state index contributed by atoms with van der Waals surface area (Å²) in [4.78, 5) is 23.9. The average molecular weight is 475 g/mol. The summed E-state index contributed by atoms with van der Waals surface area (Å²) in [6, 6.07) is 10.0. The highest BCUT2D eigenvalue weighted by molar-refractivity contribution is 7.19. The summed E-state index contributed by atoms with van der Waals surface area (Å²) >= 11 is 1.46. The van der Waals surface area contributed by atoms with Crippen LogP contribution >= 0.6 is 11.3 Å². The number of hydrogen-bond donors (Lipinski definition) is 0. The van der Waals surface area contributed by atoms with E-state index in [9.17, 15) is 4.79 Å². The predicted molar refractivity (Wildman–Crippen MR) is 132 cm³/mol. The van der Waals surface area contributed by atoms with Crippen molar-refractivity contribution in [3.63, 3.8) is 0 Å². The SMILES string of the molecule is COc1ccc(-c2cn3c(C)c(C(=O)N4CCN(c5cc6c(nn5)CCC6)CC4)sc3n2)cc1. The minimum absolute atomic E-state index is 0.0821. The van der Waals surface area contributed by atoms with Crippen LogP contribution in [0.4, 0.5) is 5.82 Å². The molecule has 1 aromatic carbocycles. The van der Waals surface area contributed by atoms with E-state index in [1.807, 2.05) is 46.7 Å². The van der Waals surface area contributed by atoms with E-state index in [2.05, 4.69) is 21.2 Å². The molecule has 0 N–H and O–H groups in total. The van der Waals surface area contributed by atoms with Crippen LogP contribution in [0.5, 0.6) is 5.75 Å². The minimum Gasteiger partial charge on any atom is -0.497 e. The van der Waals surface area contributed by atoms with Crippen molar-refractivity contribution < 1.29 is 9.53 Å². The van der Waals surface area contributed by atoms with Gasteiger partial charge in [0.25, 0.3) is 5.91 Å². The molecule has 2 aliphatic rings. The molecule has 0 bridgehead atoms. The van der Waals surface area contributed by atoms with Crippen molar-refractivity contribution in [2.75, 3.05) is 38.2 Å². The lowest BCUT2D eigenvalue weighted by atomic mass is 10.2. The number of aryl methyl sites for hydroxylation is 3. The van der Waals surface area contributed by atoms with Crippen LogP contribution in [0.15, 0.2) is 36.5 Å². The largest absolute Gasteiger partial charge is 0.497 e. The molecule has 0 saturated carbocycles. The summed E-state index contributed by atoms with van der Waals surface area (Å²) in [5.74, 6) is 1.83. The van der Waals surface area contributed by atoms with Crippen LogP contribution in [-0.4, -0.2) is 63.7 Å². The molecule has 8 nitrogen and oxygen atoms in total. The third kappa shape index (κ3) is 3.60. The minimum atomic E-state index is 0.0821. The predicted octanol–water partition coefficient (Wildman–Crippen LogP) is 3.62. The third-order valence-electron chi connectivity index (χ3n) is 6.83. The second-order valence-electron chi connectivity index (χ2n) is 8.83. The standard InChI is InChI=1S/C25H26N6O2S/c1-16-23(34-25-26-21(15-31(16)25)17-6-8-19(33-2)9-7-17)24(32)30-12-10-29(11-13-30)22-14-18-4-3-5-20(18)27-28-22/h6-9,14-15H,3-5,10-13H2,1-2H3. The summed E-state index contributed by atoms with van der Waals surface area (Å²) in [5, 5.41) is 8.85. The Labute approximate surface area is 201 Å². The van der Waals surface area contributed by atoms with E-state index in [0.29, 0.717) is 13.1 Å². The lowest BCUT2D eigenvalue weighted by Gasteiger charge is -2.35. The second-order valence-corrected chi connectivity index (χ2v) is 9.81. The Balaban J connectivity index is 1.16. The van der Waals surface area contributed by atoms with Gasteiger partial charge in [-0.05, 0) is 62.1 Å². The molecule has 4 heterocycles. The van der Waals surface area contributed by atoms with E-state index in [4.69, 9.17) is 9.72 Å². The molecule has 0 unspecified atom stereocenters. The van der Waals surface area contributed by atoms with E-state index >= 15 is 0 Å². The fourth-order valence-electron chi connectivity index (χ4n) is 4.80. The lowest BCUT2D eigenvalue weighted by Crippen LogP contribution is -2.49. The number of anilines is 1. The maximum Gasteiger partial charge on any atom is 0.265 e. The summed E-state index contributed by atoms with van der Waals surface area (Å²) in [7, 11) is 1.66. The lowest BCUT2D eigenvalue weighted by molar-refractivity contribution is 0.0750. The number of fused-ring (bicyclic) bond motifs is 2. The fraction of sp³-hybridized carbons (Fsp3) is 0.360. The third-order valence-corrected chi connectivity index (χ3v) is 7.98. The van der Waals surface area contributed by atoms with E-state index in [1.165, 1.54) is 23.3 Å². The number of carbonyl (C=O) groups is 1. The van der Waals surface area contributed by atoms with Gasteiger partial charge >= 0.3 is 0 Å². The van der Waals surface area contributed by atoms with E-state index in [-0.39, 0.29) is 5.91 Å². The van der Waals surface area contributed by atoms with Gasteiger partial charge in [-0.3, -0.25) is 9.20 Å². The molecule has 1 amide bonds. The quantitative estimate of drug-likeness (QED) is 0.450. The monoisotopic (exact) mass is 474 g/mol. The first-order chi connectivity index (χ1) is 16.6. The molecule has 1 aliphatic heterocycles. The topological polar surface area (TPSA) is 75.9 Å². The Hall–Kier alpha value is -3.46. The normalized spacial score (nSPS) is 15.7. The Bertz CT molecular complexity index is 1370. The number of aromatic nitrogens is 4. The number of nitrogens with zero attached hydrogens (tertiary/aromatic N) is 6. The van der Waals surface area contributed by atoms with Crippen LogP contribution in [0, 0.1) is 6.92 Å². The van der Waals surface area contributed by atoms with Crippen LogP contribution in [-0.2, 0) is 12.8 Å². The molecule has 3 aromatic heterocycles. The number of hydrogen-bond acceptors (Lipinski definition) is 7. The number of imidazole rings is 1. The number of ether oxygens (including phenoxy) is 1. The summed E-state index contributed by atoms with van der Waals surface area (Å²) in [5.41, 5.74) is 5.32. The van der Waals surface area contributed by atoms with Crippen molar-refractivity contribution in [1.82, 2.24) is 24.5 Å². The summed E-state index contributed by atoms with van der Waals surface area (Å²) in [6.07, 6.45) is 5.30. The molecule has 0 spiro atoms. The molecule has 1 aliphatic carbocycles. The van der Waals surface area contributed by atoms with Crippen molar-refractivity contribution in [2.24, 2.45) is 0 Å². The molecular formula is C25H26N6O2S. The van der Waals surface area contributed by atoms with Gasteiger partial charge in [0.2, 0.25) is 0 Å². The molecular weight excluding hydrogens is 448 g/mol. The Morgan fingerprint density at radius 1 is 1.06 bits per heavy atom. The van der Waals surface area contributed by atoms with Gasteiger partial charge in [0, 0.05) is 43.6 Å². The van der Waals surface area contributed by atoms with E-state index < -0.39 is 0 Å². The van der Waals surface area contributed by atoms with Gasteiger partial charge in [0.05, 0.1) is 18.5 Å². The number of amides is 1. The molecule has 9 heteroatoms. The number of methoxy groups -OCH3 is 1. The first kappa shape index (κ1) is 21.1.